The molecule has 118 valence electrons. The molecule has 1 amide bonds. The highest BCUT2D eigenvalue weighted by Gasteiger charge is 2.34. The first-order valence-corrected chi connectivity index (χ1v) is 7.66. The summed E-state index contributed by atoms with van der Waals surface area (Å²) in [6, 6.07) is 2.47. The second kappa shape index (κ2) is 6.52. The molecular formula is C16H27N3O2. The fourth-order valence-corrected chi connectivity index (χ4v) is 2.23. The number of aromatic nitrogens is 1. The van der Waals surface area contributed by atoms with Crippen LogP contribution in [0.25, 0.3) is 0 Å². The van der Waals surface area contributed by atoms with Gasteiger partial charge in [-0.05, 0) is 45.2 Å². The van der Waals surface area contributed by atoms with Gasteiger partial charge in [-0.3, -0.25) is 0 Å². The number of aryl methyl sites for hydroxylation is 1. The molecule has 0 atom stereocenters. The molecule has 1 fully saturated rings. The number of hydrogen-bond acceptors (Lipinski definition) is 3. The number of hydrogen-bond donors (Lipinski definition) is 1. The van der Waals surface area contributed by atoms with Gasteiger partial charge in [0.15, 0.2) is 0 Å². The van der Waals surface area contributed by atoms with Gasteiger partial charge in [-0.1, -0.05) is 0 Å². The van der Waals surface area contributed by atoms with Gasteiger partial charge in [0.1, 0.15) is 5.60 Å². The van der Waals surface area contributed by atoms with Crippen LogP contribution in [-0.2, 0) is 18.3 Å². The highest BCUT2D eigenvalue weighted by molar-refractivity contribution is 5.69. The van der Waals surface area contributed by atoms with E-state index in [9.17, 15) is 4.79 Å². The van der Waals surface area contributed by atoms with Gasteiger partial charge in [-0.25, -0.2) is 4.79 Å². The van der Waals surface area contributed by atoms with Crippen molar-refractivity contribution in [1.29, 1.82) is 0 Å². The van der Waals surface area contributed by atoms with Gasteiger partial charge >= 0.3 is 6.09 Å². The quantitative estimate of drug-likeness (QED) is 0.820. The van der Waals surface area contributed by atoms with Crippen molar-refractivity contribution in [2.75, 3.05) is 13.1 Å². The maximum atomic E-state index is 12.2. The van der Waals surface area contributed by atoms with Gasteiger partial charge in [-0.15, -0.1) is 0 Å². The normalized spacial score (nSPS) is 15.0. The second-order valence-corrected chi connectivity index (χ2v) is 6.77. The van der Waals surface area contributed by atoms with E-state index in [0.717, 1.165) is 25.9 Å². The average Bonchev–Trinajstić information content (AvgIpc) is 3.10. The average molecular weight is 293 g/mol. The van der Waals surface area contributed by atoms with Crippen molar-refractivity contribution < 1.29 is 9.53 Å². The van der Waals surface area contributed by atoms with Crippen LogP contribution in [-0.4, -0.2) is 40.3 Å². The summed E-state index contributed by atoms with van der Waals surface area (Å²) in [4.78, 5) is 14.0. The molecule has 1 aliphatic carbocycles. The van der Waals surface area contributed by atoms with Crippen LogP contribution in [0.3, 0.4) is 0 Å². The molecule has 0 aliphatic heterocycles. The molecule has 0 saturated heterocycles. The van der Waals surface area contributed by atoms with Crippen molar-refractivity contribution in [1.82, 2.24) is 14.8 Å². The Morgan fingerprint density at radius 1 is 1.48 bits per heavy atom. The fraction of sp³-hybridized carbons (Fsp3) is 0.688. The summed E-state index contributed by atoms with van der Waals surface area (Å²) in [6.45, 7) is 8.03. The van der Waals surface area contributed by atoms with Crippen molar-refractivity contribution in [3.63, 3.8) is 0 Å². The number of carbonyl (C=O) groups excluding carboxylic acids is 1. The van der Waals surface area contributed by atoms with E-state index in [1.165, 1.54) is 5.56 Å². The molecule has 1 saturated carbocycles. The predicted octanol–water partition coefficient (Wildman–Crippen LogP) is 2.51. The molecule has 21 heavy (non-hydrogen) atoms. The fourth-order valence-electron chi connectivity index (χ4n) is 2.23. The zero-order valence-electron chi connectivity index (χ0n) is 13.6. The molecule has 0 radical (unpaired) electrons. The van der Waals surface area contributed by atoms with E-state index in [2.05, 4.69) is 17.6 Å². The van der Waals surface area contributed by atoms with Crippen LogP contribution in [0.4, 0.5) is 4.79 Å². The van der Waals surface area contributed by atoms with Gasteiger partial charge in [0.2, 0.25) is 0 Å². The lowest BCUT2D eigenvalue weighted by atomic mass is 10.2. The molecule has 0 spiro atoms. The number of carbonyl (C=O) groups is 1. The Hall–Kier alpha value is -1.49. The van der Waals surface area contributed by atoms with Gasteiger partial charge in [0, 0.05) is 45.1 Å². The van der Waals surface area contributed by atoms with Crippen LogP contribution in [0.1, 0.15) is 39.2 Å². The molecule has 5 heteroatoms. The second-order valence-electron chi connectivity index (χ2n) is 6.77. The smallest absolute Gasteiger partial charge is 0.410 e. The van der Waals surface area contributed by atoms with E-state index < -0.39 is 5.60 Å². The first-order chi connectivity index (χ1) is 9.85. The number of ether oxygens (including phenoxy) is 1. The minimum atomic E-state index is -0.429. The topological polar surface area (TPSA) is 46.5 Å². The van der Waals surface area contributed by atoms with Crippen LogP contribution in [0.15, 0.2) is 18.5 Å². The summed E-state index contributed by atoms with van der Waals surface area (Å²) in [5.41, 5.74) is 0.828. The van der Waals surface area contributed by atoms with Gasteiger partial charge in [-0.2, -0.15) is 0 Å². The molecule has 5 nitrogen and oxygen atoms in total. The lowest BCUT2D eigenvalue weighted by molar-refractivity contribution is 0.0236. The summed E-state index contributed by atoms with van der Waals surface area (Å²) in [7, 11) is 2.01. The predicted molar refractivity (Wildman–Crippen MR) is 83.1 cm³/mol. The van der Waals surface area contributed by atoms with Crippen LogP contribution < -0.4 is 5.32 Å². The maximum Gasteiger partial charge on any atom is 0.410 e. The van der Waals surface area contributed by atoms with E-state index in [4.69, 9.17) is 4.74 Å². The molecule has 1 aromatic heterocycles. The Labute approximate surface area is 127 Å². The Balaban J connectivity index is 1.74. The highest BCUT2D eigenvalue weighted by atomic mass is 16.6. The number of nitrogens with one attached hydrogen (secondary N) is 1. The first kappa shape index (κ1) is 15.9. The molecule has 1 aliphatic rings. The molecule has 1 aromatic rings. The maximum absolute atomic E-state index is 12.2. The van der Waals surface area contributed by atoms with Crippen molar-refractivity contribution >= 4 is 6.09 Å². The highest BCUT2D eigenvalue weighted by Crippen LogP contribution is 2.28. The third-order valence-electron chi connectivity index (χ3n) is 3.37. The first-order valence-electron chi connectivity index (χ1n) is 7.66. The lowest BCUT2D eigenvalue weighted by Crippen LogP contribution is -2.41. The third kappa shape index (κ3) is 5.42. The van der Waals surface area contributed by atoms with Gasteiger partial charge in [0.05, 0.1) is 0 Å². The van der Waals surface area contributed by atoms with Crippen LogP contribution >= 0.6 is 0 Å². The van der Waals surface area contributed by atoms with Gasteiger partial charge in [0.25, 0.3) is 0 Å². The third-order valence-corrected chi connectivity index (χ3v) is 3.37. The Morgan fingerprint density at radius 3 is 2.71 bits per heavy atom. The molecule has 0 bridgehead atoms. The van der Waals surface area contributed by atoms with Gasteiger partial charge < -0.3 is 19.5 Å². The summed E-state index contributed by atoms with van der Waals surface area (Å²) in [5, 5.41) is 3.38. The largest absolute Gasteiger partial charge is 0.444 e. The van der Waals surface area contributed by atoms with E-state index in [1.807, 2.05) is 43.5 Å². The number of nitrogens with zero attached hydrogens (tertiary/aromatic N) is 2. The molecule has 2 rings (SSSR count). The summed E-state index contributed by atoms with van der Waals surface area (Å²) in [6.07, 6.45) is 6.13. The van der Waals surface area contributed by atoms with Crippen LogP contribution in [0, 0.1) is 0 Å². The van der Waals surface area contributed by atoms with Crippen molar-refractivity contribution in [2.45, 2.75) is 51.8 Å². The molecule has 1 heterocycles. The summed E-state index contributed by atoms with van der Waals surface area (Å²) < 4.78 is 7.51. The summed E-state index contributed by atoms with van der Waals surface area (Å²) >= 11 is 0. The SMILES string of the molecule is Cn1ccc(CNCCN(C(=O)OC(C)(C)C)C2CC2)c1. The number of amides is 1. The van der Waals surface area contributed by atoms with E-state index in [0.29, 0.717) is 12.6 Å². The van der Waals surface area contributed by atoms with Crippen LogP contribution in [0.2, 0.25) is 0 Å². The van der Waals surface area contributed by atoms with E-state index in [-0.39, 0.29) is 6.09 Å². The Bertz CT molecular complexity index is 472. The standard InChI is InChI=1S/C16H27N3O2/c1-16(2,3)21-15(20)19(14-5-6-14)10-8-17-11-13-7-9-18(4)12-13/h7,9,12,14,17H,5-6,8,10-11H2,1-4H3. The van der Waals surface area contributed by atoms with Crippen molar-refractivity contribution in [2.24, 2.45) is 7.05 Å². The van der Waals surface area contributed by atoms with E-state index in [1.54, 1.807) is 0 Å². The summed E-state index contributed by atoms with van der Waals surface area (Å²) in [5.74, 6) is 0. The number of rotatable bonds is 6. The van der Waals surface area contributed by atoms with Crippen molar-refractivity contribution in [3.05, 3.63) is 24.0 Å². The Kier molecular flexibility index (Phi) is 4.93. The molecular weight excluding hydrogens is 266 g/mol. The molecule has 1 N–H and O–H groups in total. The molecule has 0 aromatic carbocycles. The lowest BCUT2D eigenvalue weighted by Gasteiger charge is -2.27. The minimum absolute atomic E-state index is 0.188. The molecule has 0 unspecified atom stereocenters. The van der Waals surface area contributed by atoms with Crippen molar-refractivity contribution in [3.8, 4) is 0 Å². The van der Waals surface area contributed by atoms with Crippen LogP contribution in [0.5, 0.6) is 0 Å². The monoisotopic (exact) mass is 293 g/mol. The van der Waals surface area contributed by atoms with E-state index >= 15 is 0 Å². The Morgan fingerprint density at radius 2 is 2.19 bits per heavy atom. The zero-order valence-corrected chi connectivity index (χ0v) is 13.6. The zero-order chi connectivity index (χ0) is 15.5. The minimum Gasteiger partial charge on any atom is -0.444 e.